The van der Waals surface area contributed by atoms with Gasteiger partial charge < -0.3 is 9.42 Å². The van der Waals surface area contributed by atoms with Crippen molar-refractivity contribution in [1.82, 2.24) is 19.9 Å². The molecule has 0 atom stereocenters. The number of hydrogen-bond donors (Lipinski definition) is 0. The Morgan fingerprint density at radius 2 is 1.88 bits per heavy atom. The average molecular weight is 348 g/mol. The molecule has 3 rings (SSSR count). The summed E-state index contributed by atoms with van der Waals surface area (Å²) in [6.07, 6.45) is 6.61. The lowest BCUT2D eigenvalue weighted by Crippen LogP contribution is -2.49. The van der Waals surface area contributed by atoms with Crippen molar-refractivity contribution in [2.45, 2.75) is 45.6 Å². The number of piperazine rings is 1. The first kappa shape index (κ1) is 18.4. The Morgan fingerprint density at radius 3 is 2.52 bits per heavy atom. The van der Waals surface area contributed by atoms with E-state index in [1.165, 1.54) is 32.1 Å². The Bertz CT molecular complexity index is 545. The quantitative estimate of drug-likeness (QED) is 0.788. The Morgan fingerprint density at radius 1 is 1.20 bits per heavy atom. The third-order valence-electron chi connectivity index (χ3n) is 5.56. The third kappa shape index (κ3) is 5.54. The Balaban J connectivity index is 1.36. The van der Waals surface area contributed by atoms with Gasteiger partial charge in [0.15, 0.2) is 5.76 Å². The van der Waals surface area contributed by atoms with Gasteiger partial charge in [0.2, 0.25) is 5.91 Å². The van der Waals surface area contributed by atoms with Crippen LogP contribution in [0.1, 0.15) is 43.6 Å². The van der Waals surface area contributed by atoms with Crippen molar-refractivity contribution in [3.05, 3.63) is 17.5 Å². The van der Waals surface area contributed by atoms with Crippen LogP contribution in [0.2, 0.25) is 0 Å². The Kier molecular flexibility index (Phi) is 6.48. The van der Waals surface area contributed by atoms with E-state index in [0.29, 0.717) is 12.5 Å². The van der Waals surface area contributed by atoms with Crippen molar-refractivity contribution in [2.24, 2.45) is 5.92 Å². The summed E-state index contributed by atoms with van der Waals surface area (Å²) < 4.78 is 5.30. The molecule has 140 valence electrons. The van der Waals surface area contributed by atoms with Crippen LogP contribution in [0, 0.1) is 12.8 Å². The number of carbonyl (C=O) groups is 1. The summed E-state index contributed by atoms with van der Waals surface area (Å²) in [7, 11) is 1.97. The molecule has 6 nitrogen and oxygen atoms in total. The molecule has 1 aromatic heterocycles. The summed E-state index contributed by atoms with van der Waals surface area (Å²) in [5, 5.41) is 3.94. The highest BCUT2D eigenvalue weighted by molar-refractivity contribution is 5.78. The summed E-state index contributed by atoms with van der Waals surface area (Å²) >= 11 is 0. The highest BCUT2D eigenvalue weighted by atomic mass is 16.5. The van der Waals surface area contributed by atoms with E-state index in [9.17, 15) is 4.79 Å². The predicted molar refractivity (Wildman–Crippen MR) is 97.2 cm³/mol. The summed E-state index contributed by atoms with van der Waals surface area (Å²) in [4.78, 5) is 19.1. The Labute approximate surface area is 151 Å². The van der Waals surface area contributed by atoms with Gasteiger partial charge in [-0.05, 0) is 25.7 Å². The average Bonchev–Trinajstić information content (AvgIpc) is 3.02. The second kappa shape index (κ2) is 8.81. The van der Waals surface area contributed by atoms with E-state index in [1.54, 1.807) is 0 Å². The van der Waals surface area contributed by atoms with E-state index >= 15 is 0 Å². The molecule has 1 aliphatic heterocycles. The molecule has 1 saturated carbocycles. The fourth-order valence-corrected chi connectivity index (χ4v) is 3.99. The van der Waals surface area contributed by atoms with Gasteiger partial charge in [-0.25, -0.2) is 0 Å². The molecule has 0 aromatic carbocycles. The maximum Gasteiger partial charge on any atom is 0.236 e. The summed E-state index contributed by atoms with van der Waals surface area (Å²) in [6, 6.07) is 2.00. The third-order valence-corrected chi connectivity index (χ3v) is 5.56. The Hall–Kier alpha value is -1.40. The van der Waals surface area contributed by atoms with Crippen molar-refractivity contribution < 1.29 is 9.32 Å². The van der Waals surface area contributed by atoms with E-state index < -0.39 is 0 Å². The number of aromatic nitrogens is 1. The minimum atomic E-state index is 0.268. The summed E-state index contributed by atoms with van der Waals surface area (Å²) in [5.41, 5.74) is 0.931. The molecule has 1 amide bonds. The molecule has 2 heterocycles. The topological polar surface area (TPSA) is 52.8 Å². The van der Waals surface area contributed by atoms with Crippen LogP contribution in [0.3, 0.4) is 0 Å². The molecule has 0 spiro atoms. The van der Waals surface area contributed by atoms with Crippen LogP contribution in [0.5, 0.6) is 0 Å². The first-order valence-electron chi connectivity index (χ1n) is 9.71. The molecule has 1 aliphatic carbocycles. The minimum Gasteiger partial charge on any atom is -0.360 e. The van der Waals surface area contributed by atoms with E-state index in [1.807, 2.05) is 24.9 Å². The maximum absolute atomic E-state index is 12.5. The molecule has 1 saturated heterocycles. The number of amides is 1. The van der Waals surface area contributed by atoms with Crippen molar-refractivity contribution >= 4 is 5.91 Å². The molecule has 25 heavy (non-hydrogen) atoms. The number of aryl methyl sites for hydroxylation is 1. The number of hydrogen-bond acceptors (Lipinski definition) is 5. The van der Waals surface area contributed by atoms with Crippen molar-refractivity contribution in [3.8, 4) is 0 Å². The van der Waals surface area contributed by atoms with Gasteiger partial charge in [0, 0.05) is 45.8 Å². The second-order valence-electron chi connectivity index (χ2n) is 7.77. The molecule has 0 unspecified atom stereocenters. The lowest BCUT2D eigenvalue weighted by Gasteiger charge is -2.35. The molecule has 2 fully saturated rings. The van der Waals surface area contributed by atoms with E-state index in [4.69, 9.17) is 4.52 Å². The first-order valence-corrected chi connectivity index (χ1v) is 9.71. The first-order chi connectivity index (χ1) is 12.1. The zero-order valence-corrected chi connectivity index (χ0v) is 15.7. The van der Waals surface area contributed by atoms with Crippen LogP contribution in [0.25, 0.3) is 0 Å². The number of likely N-dealkylation sites (N-methyl/N-ethyl adjacent to an activating group) is 1. The maximum atomic E-state index is 12.5. The molecule has 0 radical (unpaired) electrons. The van der Waals surface area contributed by atoms with E-state index in [2.05, 4.69) is 15.0 Å². The second-order valence-corrected chi connectivity index (χ2v) is 7.77. The monoisotopic (exact) mass is 348 g/mol. The van der Waals surface area contributed by atoms with Gasteiger partial charge in [0.25, 0.3) is 0 Å². The fourth-order valence-electron chi connectivity index (χ4n) is 3.99. The van der Waals surface area contributed by atoms with Gasteiger partial charge in [-0.3, -0.25) is 14.6 Å². The highest BCUT2D eigenvalue weighted by Gasteiger charge is 2.23. The molecule has 1 aromatic rings. The van der Waals surface area contributed by atoms with Gasteiger partial charge in [-0.2, -0.15) is 0 Å². The van der Waals surface area contributed by atoms with Gasteiger partial charge >= 0.3 is 0 Å². The van der Waals surface area contributed by atoms with Crippen LogP contribution in [-0.4, -0.2) is 72.1 Å². The minimum absolute atomic E-state index is 0.268. The number of nitrogens with zero attached hydrogens (tertiary/aromatic N) is 4. The highest BCUT2D eigenvalue weighted by Crippen LogP contribution is 2.24. The lowest BCUT2D eigenvalue weighted by atomic mass is 9.89. The predicted octanol–water partition coefficient (Wildman–Crippen LogP) is 2.14. The standard InChI is InChI=1S/C19H32N4O2/c1-16-12-18(25-20-16)14-22-8-10-23(11-9-22)15-19(24)21(2)13-17-6-4-3-5-7-17/h12,17H,3-11,13-15H2,1-2H3. The van der Waals surface area contributed by atoms with Crippen molar-refractivity contribution in [2.75, 3.05) is 46.3 Å². The summed E-state index contributed by atoms with van der Waals surface area (Å²) in [6.45, 7) is 8.07. The van der Waals surface area contributed by atoms with Crippen LogP contribution in [0.15, 0.2) is 10.6 Å². The number of rotatable bonds is 6. The van der Waals surface area contributed by atoms with Crippen LogP contribution in [-0.2, 0) is 11.3 Å². The zero-order chi connectivity index (χ0) is 17.6. The van der Waals surface area contributed by atoms with Gasteiger partial charge in [0.05, 0.1) is 18.8 Å². The lowest BCUT2D eigenvalue weighted by molar-refractivity contribution is -0.132. The molecule has 6 heteroatoms. The largest absolute Gasteiger partial charge is 0.360 e. The van der Waals surface area contributed by atoms with E-state index in [-0.39, 0.29) is 5.91 Å². The van der Waals surface area contributed by atoms with Crippen LogP contribution < -0.4 is 0 Å². The van der Waals surface area contributed by atoms with E-state index in [0.717, 1.165) is 50.7 Å². The molecular weight excluding hydrogens is 316 g/mol. The SMILES string of the molecule is Cc1cc(CN2CCN(CC(=O)N(C)CC3CCCCC3)CC2)on1. The van der Waals surface area contributed by atoms with Crippen LogP contribution >= 0.6 is 0 Å². The van der Waals surface area contributed by atoms with Crippen molar-refractivity contribution in [3.63, 3.8) is 0 Å². The van der Waals surface area contributed by atoms with Gasteiger partial charge in [0.1, 0.15) is 0 Å². The van der Waals surface area contributed by atoms with Crippen LogP contribution in [0.4, 0.5) is 0 Å². The van der Waals surface area contributed by atoms with Gasteiger partial charge in [-0.1, -0.05) is 24.4 Å². The fraction of sp³-hybridized carbons (Fsp3) is 0.789. The zero-order valence-electron chi connectivity index (χ0n) is 15.7. The molecular formula is C19H32N4O2. The normalized spacial score (nSPS) is 20.7. The molecule has 0 N–H and O–H groups in total. The molecule has 0 bridgehead atoms. The number of carbonyl (C=O) groups excluding carboxylic acids is 1. The van der Waals surface area contributed by atoms with Gasteiger partial charge in [-0.15, -0.1) is 0 Å². The summed E-state index contributed by atoms with van der Waals surface area (Å²) in [5.74, 6) is 1.91. The smallest absolute Gasteiger partial charge is 0.236 e. The molecule has 2 aliphatic rings. The van der Waals surface area contributed by atoms with Crippen molar-refractivity contribution in [1.29, 1.82) is 0 Å².